The van der Waals surface area contributed by atoms with Gasteiger partial charge in [0.1, 0.15) is 0 Å². The standard InChI is InChI=1S/C13H25N3O2.ClH/c1-5-6-16(9-12(17)15(3)4)13(18)10(2)11-7-14-8-11;/h10-11,14H,5-9H2,1-4H3;1H. The second-order valence-electron chi connectivity index (χ2n) is 5.25. The minimum atomic E-state index is -0.0178. The van der Waals surface area contributed by atoms with Crippen molar-refractivity contribution < 1.29 is 9.59 Å². The molecule has 0 aromatic heterocycles. The van der Waals surface area contributed by atoms with Crippen molar-refractivity contribution in [3.8, 4) is 0 Å². The maximum atomic E-state index is 12.4. The first-order valence-corrected chi connectivity index (χ1v) is 6.67. The number of carbonyl (C=O) groups excluding carboxylic acids is 2. The molecule has 1 unspecified atom stereocenters. The maximum Gasteiger partial charge on any atom is 0.241 e. The van der Waals surface area contributed by atoms with E-state index in [9.17, 15) is 9.59 Å². The summed E-state index contributed by atoms with van der Waals surface area (Å²) in [7, 11) is 3.44. The van der Waals surface area contributed by atoms with Gasteiger partial charge in [-0.25, -0.2) is 0 Å². The van der Waals surface area contributed by atoms with Gasteiger partial charge in [-0.05, 0) is 25.4 Å². The number of rotatable bonds is 6. The lowest BCUT2D eigenvalue weighted by atomic mass is 9.88. The van der Waals surface area contributed by atoms with Crippen LogP contribution in [0.4, 0.5) is 0 Å². The predicted molar refractivity (Wildman–Crippen MR) is 78.3 cm³/mol. The second kappa shape index (κ2) is 8.38. The maximum absolute atomic E-state index is 12.4. The van der Waals surface area contributed by atoms with E-state index in [2.05, 4.69) is 5.32 Å². The number of amides is 2. The Balaban J connectivity index is 0.00000324. The molecular formula is C13H26ClN3O2. The molecule has 0 aromatic rings. The van der Waals surface area contributed by atoms with E-state index in [4.69, 9.17) is 0 Å². The van der Waals surface area contributed by atoms with Crippen LogP contribution >= 0.6 is 12.4 Å². The number of carbonyl (C=O) groups is 2. The first-order valence-electron chi connectivity index (χ1n) is 6.67. The molecule has 0 spiro atoms. The third kappa shape index (κ3) is 4.99. The Labute approximate surface area is 122 Å². The van der Waals surface area contributed by atoms with Gasteiger partial charge in [0.15, 0.2) is 0 Å². The Bertz CT molecular complexity index is 306. The Morgan fingerprint density at radius 1 is 1.32 bits per heavy atom. The van der Waals surface area contributed by atoms with E-state index in [-0.39, 0.29) is 36.7 Å². The molecule has 112 valence electrons. The molecule has 1 fully saturated rings. The highest BCUT2D eigenvalue weighted by Gasteiger charge is 2.32. The third-order valence-electron chi connectivity index (χ3n) is 3.54. The summed E-state index contributed by atoms with van der Waals surface area (Å²) in [5.41, 5.74) is 0. The zero-order valence-corrected chi connectivity index (χ0v) is 13.1. The Morgan fingerprint density at radius 3 is 2.26 bits per heavy atom. The van der Waals surface area contributed by atoms with E-state index in [0.29, 0.717) is 12.5 Å². The van der Waals surface area contributed by atoms with Crippen molar-refractivity contribution in [3.63, 3.8) is 0 Å². The van der Waals surface area contributed by atoms with Gasteiger partial charge in [0.2, 0.25) is 11.8 Å². The number of hydrogen-bond donors (Lipinski definition) is 1. The summed E-state index contributed by atoms with van der Waals surface area (Å²) in [6.07, 6.45) is 0.877. The first-order chi connectivity index (χ1) is 8.47. The topological polar surface area (TPSA) is 52.7 Å². The van der Waals surface area contributed by atoms with Crippen LogP contribution in [0, 0.1) is 11.8 Å². The zero-order chi connectivity index (χ0) is 13.7. The predicted octanol–water partition coefficient (Wildman–Crippen LogP) is 0.591. The molecule has 1 saturated heterocycles. The summed E-state index contributed by atoms with van der Waals surface area (Å²) in [5, 5.41) is 3.18. The Morgan fingerprint density at radius 2 is 1.89 bits per heavy atom. The lowest BCUT2D eigenvalue weighted by Crippen LogP contribution is -2.51. The van der Waals surface area contributed by atoms with Gasteiger partial charge in [0.25, 0.3) is 0 Å². The number of likely N-dealkylation sites (N-methyl/N-ethyl adjacent to an activating group) is 1. The third-order valence-corrected chi connectivity index (χ3v) is 3.54. The molecule has 1 rings (SSSR count). The average molecular weight is 292 g/mol. The molecule has 0 saturated carbocycles. The normalized spacial score (nSPS) is 16.0. The minimum Gasteiger partial charge on any atom is -0.347 e. The largest absolute Gasteiger partial charge is 0.347 e. The van der Waals surface area contributed by atoms with Gasteiger partial charge in [-0.2, -0.15) is 0 Å². The van der Waals surface area contributed by atoms with Gasteiger partial charge in [-0.1, -0.05) is 13.8 Å². The van der Waals surface area contributed by atoms with Crippen LogP contribution in [0.3, 0.4) is 0 Å². The zero-order valence-electron chi connectivity index (χ0n) is 12.3. The van der Waals surface area contributed by atoms with Crippen molar-refractivity contribution in [3.05, 3.63) is 0 Å². The van der Waals surface area contributed by atoms with Gasteiger partial charge >= 0.3 is 0 Å². The van der Waals surface area contributed by atoms with E-state index in [0.717, 1.165) is 19.5 Å². The SMILES string of the molecule is CCCN(CC(=O)N(C)C)C(=O)C(C)C1CNC1.Cl. The monoisotopic (exact) mass is 291 g/mol. The van der Waals surface area contributed by atoms with Crippen LogP contribution in [0.15, 0.2) is 0 Å². The van der Waals surface area contributed by atoms with Crippen LogP contribution < -0.4 is 5.32 Å². The van der Waals surface area contributed by atoms with Crippen LogP contribution in [0.5, 0.6) is 0 Å². The molecule has 0 aliphatic carbocycles. The number of nitrogens with one attached hydrogen (secondary N) is 1. The summed E-state index contributed by atoms with van der Waals surface area (Å²) in [4.78, 5) is 27.3. The van der Waals surface area contributed by atoms with E-state index < -0.39 is 0 Å². The van der Waals surface area contributed by atoms with Crippen LogP contribution in [0.25, 0.3) is 0 Å². The molecule has 1 heterocycles. The van der Waals surface area contributed by atoms with Crippen LogP contribution in [-0.4, -0.2) is 61.9 Å². The molecule has 1 aliphatic rings. The van der Waals surface area contributed by atoms with Gasteiger partial charge < -0.3 is 15.1 Å². The summed E-state index contributed by atoms with van der Waals surface area (Å²) in [5.74, 6) is 0.522. The van der Waals surface area contributed by atoms with E-state index >= 15 is 0 Å². The summed E-state index contributed by atoms with van der Waals surface area (Å²) in [6, 6.07) is 0. The van der Waals surface area contributed by atoms with Gasteiger partial charge in [0, 0.05) is 26.6 Å². The second-order valence-corrected chi connectivity index (χ2v) is 5.25. The van der Waals surface area contributed by atoms with Crippen molar-refractivity contribution in [2.45, 2.75) is 20.3 Å². The highest BCUT2D eigenvalue weighted by Crippen LogP contribution is 2.18. The summed E-state index contributed by atoms with van der Waals surface area (Å²) in [6.45, 7) is 6.67. The van der Waals surface area contributed by atoms with Crippen molar-refractivity contribution >= 4 is 24.2 Å². The molecule has 1 N–H and O–H groups in total. The number of nitrogens with zero attached hydrogens (tertiary/aromatic N) is 2. The molecule has 1 atom stereocenters. The molecule has 1 aliphatic heterocycles. The Hall–Kier alpha value is -0.810. The van der Waals surface area contributed by atoms with E-state index in [1.165, 1.54) is 4.90 Å². The van der Waals surface area contributed by atoms with Crippen molar-refractivity contribution in [1.82, 2.24) is 15.1 Å². The van der Waals surface area contributed by atoms with Gasteiger partial charge in [-0.15, -0.1) is 12.4 Å². The molecule has 0 radical (unpaired) electrons. The number of halogens is 1. The lowest BCUT2D eigenvalue weighted by Gasteiger charge is -2.35. The van der Waals surface area contributed by atoms with Crippen LogP contribution in [0.1, 0.15) is 20.3 Å². The molecule has 0 bridgehead atoms. The smallest absolute Gasteiger partial charge is 0.241 e. The molecule has 19 heavy (non-hydrogen) atoms. The van der Waals surface area contributed by atoms with E-state index in [1.54, 1.807) is 19.0 Å². The van der Waals surface area contributed by atoms with E-state index in [1.807, 2.05) is 13.8 Å². The highest BCUT2D eigenvalue weighted by molar-refractivity contribution is 5.86. The van der Waals surface area contributed by atoms with Gasteiger partial charge in [-0.3, -0.25) is 9.59 Å². The first kappa shape index (κ1) is 18.2. The lowest BCUT2D eigenvalue weighted by molar-refractivity contribution is -0.143. The van der Waals surface area contributed by atoms with Crippen LogP contribution in [0.2, 0.25) is 0 Å². The molecule has 2 amide bonds. The van der Waals surface area contributed by atoms with Crippen molar-refractivity contribution in [2.75, 3.05) is 40.3 Å². The van der Waals surface area contributed by atoms with Crippen molar-refractivity contribution in [2.24, 2.45) is 11.8 Å². The molecule has 5 nitrogen and oxygen atoms in total. The molecule has 6 heteroatoms. The fraction of sp³-hybridized carbons (Fsp3) is 0.846. The quantitative estimate of drug-likeness (QED) is 0.779. The summed E-state index contributed by atoms with van der Waals surface area (Å²) >= 11 is 0. The number of hydrogen-bond acceptors (Lipinski definition) is 3. The van der Waals surface area contributed by atoms with Crippen molar-refractivity contribution in [1.29, 1.82) is 0 Å². The summed E-state index contributed by atoms with van der Waals surface area (Å²) < 4.78 is 0. The fourth-order valence-electron chi connectivity index (χ4n) is 2.00. The highest BCUT2D eigenvalue weighted by atomic mass is 35.5. The minimum absolute atomic E-state index is 0. The fourth-order valence-corrected chi connectivity index (χ4v) is 2.00. The van der Waals surface area contributed by atoms with Crippen LogP contribution in [-0.2, 0) is 9.59 Å². The average Bonchev–Trinajstić information content (AvgIpc) is 2.24. The van der Waals surface area contributed by atoms with Gasteiger partial charge in [0.05, 0.1) is 6.54 Å². The molecular weight excluding hydrogens is 266 g/mol. The molecule has 0 aromatic carbocycles. The Kier molecular flexibility index (Phi) is 8.02.